The fourth-order valence-electron chi connectivity index (χ4n) is 2.58. The molecule has 1 aromatic rings. The molecule has 94 valence electrons. The summed E-state index contributed by atoms with van der Waals surface area (Å²) in [6.07, 6.45) is 6.40. The first-order chi connectivity index (χ1) is 8.29. The van der Waals surface area contributed by atoms with Crippen LogP contribution in [0.1, 0.15) is 24.8 Å². The van der Waals surface area contributed by atoms with Crippen molar-refractivity contribution in [3.63, 3.8) is 0 Å². The minimum Gasteiger partial charge on any atom is -0.396 e. The molecule has 2 unspecified atom stereocenters. The number of rotatable bonds is 5. The molecular weight excluding hydrogens is 219 g/mol. The molecule has 1 aliphatic carbocycles. The summed E-state index contributed by atoms with van der Waals surface area (Å²) in [5.74, 6) is 0.702. The van der Waals surface area contributed by atoms with Crippen molar-refractivity contribution in [1.29, 1.82) is 0 Å². The van der Waals surface area contributed by atoms with Crippen molar-refractivity contribution in [2.24, 2.45) is 11.8 Å². The smallest absolute Gasteiger partial charge is 0.141 e. The second-order valence-electron chi connectivity index (χ2n) is 4.78. The number of halogens is 1. The Balaban J connectivity index is 1.76. The van der Waals surface area contributed by atoms with Gasteiger partial charge in [-0.15, -0.1) is 0 Å². The van der Waals surface area contributed by atoms with Gasteiger partial charge in [0.2, 0.25) is 0 Å². The average molecular weight is 238 g/mol. The number of nitrogens with zero attached hydrogens (tertiary/aromatic N) is 1. The van der Waals surface area contributed by atoms with Crippen molar-refractivity contribution in [2.75, 3.05) is 13.2 Å². The Morgan fingerprint density at radius 3 is 2.94 bits per heavy atom. The van der Waals surface area contributed by atoms with E-state index >= 15 is 0 Å². The van der Waals surface area contributed by atoms with Crippen LogP contribution in [0.3, 0.4) is 0 Å². The molecule has 0 radical (unpaired) electrons. The molecule has 1 saturated carbocycles. The van der Waals surface area contributed by atoms with Crippen LogP contribution in [0.15, 0.2) is 18.5 Å². The van der Waals surface area contributed by atoms with Gasteiger partial charge in [0.05, 0.1) is 6.20 Å². The van der Waals surface area contributed by atoms with E-state index in [0.29, 0.717) is 18.4 Å². The summed E-state index contributed by atoms with van der Waals surface area (Å²) in [5, 5.41) is 12.5. The van der Waals surface area contributed by atoms with Crippen LogP contribution in [0.4, 0.5) is 4.39 Å². The molecule has 0 saturated heterocycles. The molecule has 0 spiro atoms. The maximum atomic E-state index is 12.9. The molecule has 1 heterocycles. The van der Waals surface area contributed by atoms with E-state index in [1.165, 1.54) is 25.1 Å². The highest BCUT2D eigenvalue weighted by molar-refractivity contribution is 5.09. The van der Waals surface area contributed by atoms with Gasteiger partial charge in [0, 0.05) is 19.3 Å². The van der Waals surface area contributed by atoms with Crippen molar-refractivity contribution >= 4 is 0 Å². The monoisotopic (exact) mass is 238 g/mol. The lowest BCUT2D eigenvalue weighted by atomic mass is 9.97. The van der Waals surface area contributed by atoms with Crippen molar-refractivity contribution in [3.05, 3.63) is 29.8 Å². The Morgan fingerprint density at radius 1 is 1.35 bits per heavy atom. The molecule has 0 bridgehead atoms. The van der Waals surface area contributed by atoms with Crippen molar-refractivity contribution in [1.82, 2.24) is 10.3 Å². The highest BCUT2D eigenvalue weighted by Crippen LogP contribution is 2.30. The zero-order valence-corrected chi connectivity index (χ0v) is 9.90. The van der Waals surface area contributed by atoms with Gasteiger partial charge >= 0.3 is 0 Å². The molecule has 1 aromatic heterocycles. The van der Waals surface area contributed by atoms with Crippen LogP contribution in [0.25, 0.3) is 0 Å². The average Bonchev–Trinajstić information content (AvgIpc) is 2.77. The number of aromatic nitrogens is 1. The predicted octanol–water partition coefficient (Wildman–Crippen LogP) is 1.72. The van der Waals surface area contributed by atoms with Gasteiger partial charge < -0.3 is 10.4 Å². The quantitative estimate of drug-likeness (QED) is 0.821. The van der Waals surface area contributed by atoms with Crippen molar-refractivity contribution in [3.8, 4) is 0 Å². The van der Waals surface area contributed by atoms with E-state index in [1.807, 2.05) is 0 Å². The van der Waals surface area contributed by atoms with Gasteiger partial charge in [-0.25, -0.2) is 4.39 Å². The van der Waals surface area contributed by atoms with Gasteiger partial charge in [-0.2, -0.15) is 0 Å². The zero-order valence-electron chi connectivity index (χ0n) is 9.90. The maximum absolute atomic E-state index is 12.9. The third-order valence-corrected chi connectivity index (χ3v) is 3.55. The Labute approximate surface area is 101 Å². The van der Waals surface area contributed by atoms with Gasteiger partial charge in [-0.05, 0) is 42.9 Å². The second kappa shape index (κ2) is 6.07. The van der Waals surface area contributed by atoms with E-state index in [-0.39, 0.29) is 12.4 Å². The largest absolute Gasteiger partial charge is 0.396 e. The van der Waals surface area contributed by atoms with E-state index in [1.54, 1.807) is 6.20 Å². The predicted molar refractivity (Wildman–Crippen MR) is 63.8 cm³/mol. The fraction of sp³-hybridized carbons (Fsp3) is 0.615. The number of hydrogen-bond acceptors (Lipinski definition) is 3. The Kier molecular flexibility index (Phi) is 4.45. The van der Waals surface area contributed by atoms with Gasteiger partial charge in [-0.3, -0.25) is 4.98 Å². The molecular formula is C13H19FN2O. The Bertz CT molecular complexity index is 359. The molecule has 0 aromatic carbocycles. The molecule has 2 atom stereocenters. The van der Waals surface area contributed by atoms with Crippen LogP contribution in [-0.2, 0) is 6.54 Å². The van der Waals surface area contributed by atoms with Crippen LogP contribution in [-0.4, -0.2) is 23.2 Å². The molecule has 0 amide bonds. The molecule has 1 aliphatic rings. The van der Waals surface area contributed by atoms with E-state index in [9.17, 15) is 9.50 Å². The van der Waals surface area contributed by atoms with Crippen LogP contribution in [0, 0.1) is 17.7 Å². The molecule has 17 heavy (non-hydrogen) atoms. The first-order valence-corrected chi connectivity index (χ1v) is 6.20. The number of hydrogen-bond donors (Lipinski definition) is 2. The zero-order chi connectivity index (χ0) is 12.1. The van der Waals surface area contributed by atoms with Gasteiger partial charge in [0.25, 0.3) is 0 Å². The lowest BCUT2D eigenvalue weighted by molar-refractivity contribution is 0.192. The Hall–Kier alpha value is -1.00. The number of pyridine rings is 1. The van der Waals surface area contributed by atoms with Gasteiger partial charge in [0.1, 0.15) is 5.82 Å². The highest BCUT2D eigenvalue weighted by atomic mass is 19.1. The van der Waals surface area contributed by atoms with E-state index < -0.39 is 0 Å². The second-order valence-corrected chi connectivity index (χ2v) is 4.78. The van der Waals surface area contributed by atoms with E-state index in [4.69, 9.17) is 0 Å². The van der Waals surface area contributed by atoms with Crippen LogP contribution in [0.5, 0.6) is 0 Å². The first-order valence-electron chi connectivity index (χ1n) is 6.20. The molecule has 4 heteroatoms. The summed E-state index contributed by atoms with van der Waals surface area (Å²) in [6, 6.07) is 1.50. The summed E-state index contributed by atoms with van der Waals surface area (Å²) >= 11 is 0. The SMILES string of the molecule is OCC1CCCC1CNCc1cncc(F)c1. The summed E-state index contributed by atoms with van der Waals surface area (Å²) in [7, 11) is 0. The summed E-state index contributed by atoms with van der Waals surface area (Å²) in [4.78, 5) is 3.81. The van der Waals surface area contributed by atoms with Gasteiger partial charge in [-0.1, -0.05) is 6.42 Å². The summed E-state index contributed by atoms with van der Waals surface area (Å²) < 4.78 is 12.9. The fourth-order valence-corrected chi connectivity index (χ4v) is 2.58. The lowest BCUT2D eigenvalue weighted by Gasteiger charge is -2.17. The number of aliphatic hydroxyl groups is 1. The minimum absolute atomic E-state index is 0.286. The van der Waals surface area contributed by atoms with E-state index in [2.05, 4.69) is 10.3 Å². The lowest BCUT2D eigenvalue weighted by Crippen LogP contribution is -2.26. The third kappa shape index (κ3) is 3.48. The Morgan fingerprint density at radius 2 is 2.18 bits per heavy atom. The van der Waals surface area contributed by atoms with Crippen molar-refractivity contribution in [2.45, 2.75) is 25.8 Å². The maximum Gasteiger partial charge on any atom is 0.141 e. The molecule has 2 N–H and O–H groups in total. The molecule has 2 rings (SSSR count). The van der Waals surface area contributed by atoms with Crippen LogP contribution >= 0.6 is 0 Å². The molecule has 3 nitrogen and oxygen atoms in total. The normalized spacial score (nSPS) is 24.1. The minimum atomic E-state index is -0.293. The number of nitrogens with one attached hydrogen (secondary N) is 1. The topological polar surface area (TPSA) is 45.1 Å². The third-order valence-electron chi connectivity index (χ3n) is 3.55. The van der Waals surface area contributed by atoms with E-state index in [0.717, 1.165) is 18.5 Å². The highest BCUT2D eigenvalue weighted by Gasteiger charge is 2.25. The number of aliphatic hydroxyl groups excluding tert-OH is 1. The summed E-state index contributed by atoms with van der Waals surface area (Å²) in [5.41, 5.74) is 0.864. The van der Waals surface area contributed by atoms with Crippen molar-refractivity contribution < 1.29 is 9.50 Å². The first kappa shape index (κ1) is 12.5. The van der Waals surface area contributed by atoms with Crippen LogP contribution < -0.4 is 5.32 Å². The molecule has 1 fully saturated rings. The standard InChI is InChI=1S/C13H19FN2O/c14-13-4-10(6-16-8-13)5-15-7-11-2-1-3-12(11)9-17/h4,6,8,11-12,15,17H,1-3,5,7,9H2. The summed E-state index contributed by atoms with van der Waals surface area (Å²) in [6.45, 7) is 1.81. The van der Waals surface area contributed by atoms with Gasteiger partial charge in [0.15, 0.2) is 0 Å². The van der Waals surface area contributed by atoms with Crippen LogP contribution in [0.2, 0.25) is 0 Å². The molecule has 0 aliphatic heterocycles.